The maximum Gasteiger partial charge on any atom is 0.114 e. The second kappa shape index (κ2) is 3.63. The number of hydrogen-bond acceptors (Lipinski definition) is 2. The molecule has 0 atom stereocenters. The Morgan fingerprint density at radius 3 is 3.00 bits per heavy atom. The maximum atomic E-state index is 5.86. The minimum atomic E-state index is 0.476. The molecule has 0 amide bonds. The Labute approximate surface area is 93.6 Å². The number of fused-ring (bicyclic) bond motifs is 1. The van der Waals surface area contributed by atoms with Crippen LogP contribution in [-0.2, 0) is 6.42 Å². The van der Waals surface area contributed by atoms with Crippen molar-refractivity contribution in [1.82, 2.24) is 9.97 Å². The second-order valence-electron chi connectivity index (χ2n) is 4.23. The molecule has 3 rings (SSSR count). The summed E-state index contributed by atoms with van der Waals surface area (Å²) in [6, 6.07) is 8.45. The lowest BCUT2D eigenvalue weighted by molar-refractivity contribution is 1.02. The lowest BCUT2D eigenvalue weighted by Gasteiger charge is -1.96. The number of aliphatic imine (C=N–C) groups is 1. The summed E-state index contributed by atoms with van der Waals surface area (Å²) in [5, 5.41) is 0. The Kier molecular flexibility index (Phi) is 2.13. The van der Waals surface area contributed by atoms with Crippen LogP contribution in [0.15, 0.2) is 29.3 Å². The highest BCUT2D eigenvalue weighted by Gasteiger charge is 2.20. The Bertz CT molecular complexity index is 504. The van der Waals surface area contributed by atoms with E-state index in [4.69, 9.17) is 5.73 Å². The van der Waals surface area contributed by atoms with Gasteiger partial charge >= 0.3 is 0 Å². The summed E-state index contributed by atoms with van der Waals surface area (Å²) in [5.74, 6) is 1.57. The molecule has 0 radical (unpaired) electrons. The van der Waals surface area contributed by atoms with Crippen molar-refractivity contribution in [3.8, 4) is 0 Å². The van der Waals surface area contributed by atoms with Gasteiger partial charge in [-0.3, -0.25) is 4.99 Å². The third kappa shape index (κ3) is 1.91. The zero-order valence-corrected chi connectivity index (χ0v) is 8.98. The molecule has 1 aromatic heterocycles. The van der Waals surface area contributed by atoms with Gasteiger partial charge in [-0.1, -0.05) is 12.1 Å². The van der Waals surface area contributed by atoms with Gasteiger partial charge in [0, 0.05) is 0 Å². The van der Waals surface area contributed by atoms with Crippen LogP contribution >= 0.6 is 0 Å². The Balaban J connectivity index is 1.83. The van der Waals surface area contributed by atoms with Crippen molar-refractivity contribution in [1.29, 1.82) is 0 Å². The quantitative estimate of drug-likeness (QED) is 0.602. The molecule has 1 fully saturated rings. The molecule has 1 saturated carbocycles. The molecule has 1 aliphatic rings. The fraction of sp³-hybridized carbons (Fsp3) is 0.333. The van der Waals surface area contributed by atoms with Crippen LogP contribution in [0.1, 0.15) is 18.7 Å². The first kappa shape index (κ1) is 9.39. The number of H-pyrrole nitrogens is 1. The number of amidine groups is 1. The van der Waals surface area contributed by atoms with Gasteiger partial charge in [0.1, 0.15) is 11.7 Å². The summed E-state index contributed by atoms with van der Waals surface area (Å²) in [7, 11) is 0. The van der Waals surface area contributed by atoms with Gasteiger partial charge in [-0.2, -0.15) is 0 Å². The summed E-state index contributed by atoms with van der Waals surface area (Å²) in [5.41, 5.74) is 7.89. The molecule has 4 nitrogen and oxygen atoms in total. The number of hydrogen-bond donors (Lipinski definition) is 2. The summed E-state index contributed by atoms with van der Waals surface area (Å²) >= 11 is 0. The smallest absolute Gasteiger partial charge is 0.114 e. The van der Waals surface area contributed by atoms with Crippen LogP contribution in [0.5, 0.6) is 0 Å². The summed E-state index contributed by atoms with van der Waals surface area (Å²) in [6.07, 6.45) is 2.98. The van der Waals surface area contributed by atoms with E-state index < -0.39 is 0 Å². The third-order valence-electron chi connectivity index (χ3n) is 2.68. The van der Waals surface area contributed by atoms with Crippen LogP contribution in [0.4, 0.5) is 0 Å². The van der Waals surface area contributed by atoms with Crippen LogP contribution in [0.25, 0.3) is 11.0 Å². The molecule has 4 heteroatoms. The van der Waals surface area contributed by atoms with E-state index in [0.717, 1.165) is 16.9 Å². The van der Waals surface area contributed by atoms with Crippen LogP contribution in [-0.4, -0.2) is 21.8 Å². The van der Waals surface area contributed by atoms with Gasteiger partial charge in [-0.05, 0) is 25.0 Å². The zero-order chi connectivity index (χ0) is 11.0. The lowest BCUT2D eigenvalue weighted by atomic mass is 10.3. The average Bonchev–Trinajstić information content (AvgIpc) is 2.97. The number of imidazole rings is 1. The molecule has 0 bridgehead atoms. The number of nitrogens with two attached hydrogens (primary N) is 1. The molecule has 0 unspecified atom stereocenters. The number of para-hydroxylation sites is 2. The van der Waals surface area contributed by atoms with E-state index in [0.29, 0.717) is 18.3 Å². The summed E-state index contributed by atoms with van der Waals surface area (Å²) in [6.45, 7) is 0. The molecule has 0 aliphatic heterocycles. The van der Waals surface area contributed by atoms with Crippen molar-refractivity contribution >= 4 is 16.9 Å². The predicted octanol–water partition coefficient (Wildman–Crippen LogP) is 1.62. The van der Waals surface area contributed by atoms with Crippen LogP contribution in [0.3, 0.4) is 0 Å². The summed E-state index contributed by atoms with van der Waals surface area (Å²) < 4.78 is 0. The van der Waals surface area contributed by atoms with Crippen molar-refractivity contribution < 1.29 is 0 Å². The van der Waals surface area contributed by atoms with Gasteiger partial charge in [-0.25, -0.2) is 4.98 Å². The molecule has 1 aromatic carbocycles. The molecule has 16 heavy (non-hydrogen) atoms. The zero-order valence-electron chi connectivity index (χ0n) is 8.98. The Morgan fingerprint density at radius 2 is 2.25 bits per heavy atom. The van der Waals surface area contributed by atoms with E-state index in [-0.39, 0.29) is 0 Å². The molecular weight excluding hydrogens is 200 g/mol. The predicted molar refractivity (Wildman–Crippen MR) is 64.4 cm³/mol. The average molecular weight is 214 g/mol. The van der Waals surface area contributed by atoms with Crippen molar-refractivity contribution in [2.45, 2.75) is 25.3 Å². The fourth-order valence-electron chi connectivity index (χ4n) is 1.74. The summed E-state index contributed by atoms with van der Waals surface area (Å²) in [4.78, 5) is 12.1. The highest BCUT2D eigenvalue weighted by molar-refractivity contribution is 5.83. The highest BCUT2D eigenvalue weighted by Crippen LogP contribution is 2.23. The van der Waals surface area contributed by atoms with E-state index >= 15 is 0 Å². The SMILES string of the molecule is NC(Cc1nc2ccccc2[nH]1)=NC1CC1. The Hall–Kier alpha value is -1.84. The second-order valence-corrected chi connectivity index (χ2v) is 4.23. The van der Waals surface area contributed by atoms with Crippen molar-refractivity contribution in [3.05, 3.63) is 30.1 Å². The normalized spacial score (nSPS) is 16.9. The molecule has 82 valence electrons. The van der Waals surface area contributed by atoms with E-state index in [1.807, 2.05) is 24.3 Å². The molecule has 0 saturated heterocycles. The van der Waals surface area contributed by atoms with Gasteiger partial charge in [0.05, 0.1) is 23.5 Å². The molecule has 1 aliphatic carbocycles. The number of aromatic nitrogens is 2. The molecule has 3 N–H and O–H groups in total. The van der Waals surface area contributed by atoms with Crippen LogP contribution in [0.2, 0.25) is 0 Å². The molecular formula is C12H14N4. The van der Waals surface area contributed by atoms with E-state index in [9.17, 15) is 0 Å². The van der Waals surface area contributed by atoms with Crippen molar-refractivity contribution in [3.63, 3.8) is 0 Å². The topological polar surface area (TPSA) is 67.1 Å². The van der Waals surface area contributed by atoms with Crippen molar-refractivity contribution in [2.24, 2.45) is 10.7 Å². The number of aromatic amines is 1. The van der Waals surface area contributed by atoms with Crippen molar-refractivity contribution in [2.75, 3.05) is 0 Å². The first-order valence-electron chi connectivity index (χ1n) is 5.57. The largest absolute Gasteiger partial charge is 0.387 e. The minimum absolute atomic E-state index is 0.476. The standard InChI is InChI=1S/C12H14N4/c13-11(14-8-5-6-8)7-12-15-9-3-1-2-4-10(9)16-12/h1-4,8H,5-7H2,(H2,13,14)(H,15,16). The van der Waals surface area contributed by atoms with Crippen LogP contribution in [0, 0.1) is 0 Å². The number of benzene rings is 1. The minimum Gasteiger partial charge on any atom is -0.387 e. The van der Waals surface area contributed by atoms with E-state index in [1.54, 1.807) is 0 Å². The van der Waals surface area contributed by atoms with Gasteiger partial charge in [-0.15, -0.1) is 0 Å². The first-order chi connectivity index (χ1) is 7.81. The van der Waals surface area contributed by atoms with E-state index in [2.05, 4.69) is 15.0 Å². The Morgan fingerprint density at radius 1 is 1.44 bits per heavy atom. The number of rotatable bonds is 3. The van der Waals surface area contributed by atoms with Gasteiger partial charge in [0.15, 0.2) is 0 Å². The monoisotopic (exact) mass is 214 g/mol. The van der Waals surface area contributed by atoms with Gasteiger partial charge < -0.3 is 10.7 Å². The molecule has 1 heterocycles. The highest BCUT2D eigenvalue weighted by atomic mass is 15.0. The third-order valence-corrected chi connectivity index (χ3v) is 2.68. The number of nitrogens with one attached hydrogen (secondary N) is 1. The van der Waals surface area contributed by atoms with E-state index in [1.165, 1.54) is 12.8 Å². The molecule has 2 aromatic rings. The van der Waals surface area contributed by atoms with Crippen LogP contribution < -0.4 is 5.73 Å². The maximum absolute atomic E-state index is 5.86. The molecule has 0 spiro atoms. The first-order valence-corrected chi connectivity index (χ1v) is 5.57. The lowest BCUT2D eigenvalue weighted by Crippen LogP contribution is -2.16. The van der Waals surface area contributed by atoms with Gasteiger partial charge in [0.25, 0.3) is 0 Å². The van der Waals surface area contributed by atoms with Gasteiger partial charge in [0.2, 0.25) is 0 Å². The number of nitrogens with zero attached hydrogens (tertiary/aromatic N) is 2. The fourth-order valence-corrected chi connectivity index (χ4v) is 1.74.